The predicted octanol–water partition coefficient (Wildman–Crippen LogP) is 3.46. The zero-order chi connectivity index (χ0) is 19.9. The monoisotopic (exact) mass is 390 g/mol. The van der Waals surface area contributed by atoms with Crippen LogP contribution in [-0.4, -0.2) is 54.0 Å². The summed E-state index contributed by atoms with van der Waals surface area (Å²) < 4.78 is 11.2. The van der Waals surface area contributed by atoms with Gasteiger partial charge in [-0.1, -0.05) is 26.7 Å². The molecule has 1 aliphatic heterocycles. The maximum Gasteiger partial charge on any atom is 0.242 e. The van der Waals surface area contributed by atoms with E-state index in [2.05, 4.69) is 13.8 Å². The molecule has 2 amide bonds. The van der Waals surface area contributed by atoms with Crippen LogP contribution in [0.4, 0.5) is 0 Å². The van der Waals surface area contributed by atoms with E-state index in [0.717, 1.165) is 50.9 Å². The first-order chi connectivity index (χ1) is 13.5. The molecule has 0 bridgehead atoms. The van der Waals surface area contributed by atoms with Crippen molar-refractivity contribution in [2.75, 3.05) is 26.2 Å². The Balaban J connectivity index is 1.67. The van der Waals surface area contributed by atoms with Crippen LogP contribution in [0, 0.1) is 11.8 Å². The highest BCUT2D eigenvalue weighted by Crippen LogP contribution is 2.27. The number of hydrogen-bond donors (Lipinski definition) is 0. The van der Waals surface area contributed by atoms with E-state index in [1.165, 1.54) is 0 Å². The van der Waals surface area contributed by atoms with Crippen molar-refractivity contribution in [1.82, 2.24) is 9.80 Å². The molecular weight excluding hydrogens is 356 g/mol. The summed E-state index contributed by atoms with van der Waals surface area (Å²) in [5.74, 6) is 1.29. The average Bonchev–Trinajstić information content (AvgIpc) is 3.42. The van der Waals surface area contributed by atoms with Gasteiger partial charge in [0.05, 0.1) is 25.5 Å². The molecule has 0 aromatic carbocycles. The van der Waals surface area contributed by atoms with Crippen LogP contribution in [0.1, 0.15) is 58.1 Å². The maximum atomic E-state index is 13.2. The summed E-state index contributed by atoms with van der Waals surface area (Å²) in [6.45, 7) is 6.66. The molecule has 1 saturated carbocycles. The second-order valence-electron chi connectivity index (χ2n) is 8.58. The van der Waals surface area contributed by atoms with E-state index in [1.807, 2.05) is 12.1 Å². The quantitative estimate of drug-likeness (QED) is 0.648. The topological polar surface area (TPSA) is 63.0 Å². The van der Waals surface area contributed by atoms with E-state index in [0.29, 0.717) is 25.6 Å². The van der Waals surface area contributed by atoms with Gasteiger partial charge >= 0.3 is 0 Å². The van der Waals surface area contributed by atoms with E-state index in [9.17, 15) is 9.59 Å². The van der Waals surface area contributed by atoms with Crippen molar-refractivity contribution in [3.05, 3.63) is 24.2 Å². The minimum Gasteiger partial charge on any atom is -0.467 e. The Labute approximate surface area is 168 Å². The van der Waals surface area contributed by atoms with Gasteiger partial charge in [-0.2, -0.15) is 0 Å². The van der Waals surface area contributed by atoms with E-state index < -0.39 is 0 Å². The number of rotatable bonds is 9. The van der Waals surface area contributed by atoms with Crippen molar-refractivity contribution in [3.63, 3.8) is 0 Å². The molecular formula is C22H34N2O4. The van der Waals surface area contributed by atoms with Crippen LogP contribution < -0.4 is 0 Å². The Hall–Kier alpha value is -1.82. The zero-order valence-corrected chi connectivity index (χ0v) is 17.3. The number of amides is 2. The second-order valence-corrected chi connectivity index (χ2v) is 8.58. The Morgan fingerprint density at radius 3 is 2.54 bits per heavy atom. The van der Waals surface area contributed by atoms with E-state index >= 15 is 0 Å². The van der Waals surface area contributed by atoms with Crippen molar-refractivity contribution < 1.29 is 18.7 Å². The normalized spacial score (nSPS) is 20.0. The summed E-state index contributed by atoms with van der Waals surface area (Å²) in [5, 5.41) is 0. The van der Waals surface area contributed by atoms with Gasteiger partial charge in [0.2, 0.25) is 11.8 Å². The molecule has 2 aliphatic rings. The number of nitrogens with zero attached hydrogens (tertiary/aromatic N) is 2. The lowest BCUT2D eigenvalue weighted by molar-refractivity contribution is -0.144. The van der Waals surface area contributed by atoms with E-state index in [4.69, 9.17) is 9.15 Å². The molecule has 156 valence electrons. The maximum absolute atomic E-state index is 13.2. The third-order valence-electron chi connectivity index (χ3n) is 5.66. The molecule has 6 heteroatoms. The number of hydrogen-bond acceptors (Lipinski definition) is 4. The largest absolute Gasteiger partial charge is 0.467 e. The van der Waals surface area contributed by atoms with Gasteiger partial charge in [-0.3, -0.25) is 9.59 Å². The molecule has 1 atom stereocenters. The van der Waals surface area contributed by atoms with Crippen LogP contribution >= 0.6 is 0 Å². The number of furan rings is 1. The first-order valence-corrected chi connectivity index (χ1v) is 10.7. The van der Waals surface area contributed by atoms with Crippen molar-refractivity contribution >= 4 is 11.8 Å². The smallest absolute Gasteiger partial charge is 0.242 e. The van der Waals surface area contributed by atoms with Gasteiger partial charge in [-0.05, 0) is 43.7 Å². The summed E-state index contributed by atoms with van der Waals surface area (Å²) in [6.07, 6.45) is 7.83. The van der Waals surface area contributed by atoms with Gasteiger partial charge in [0.15, 0.2) is 0 Å². The summed E-state index contributed by atoms with van der Waals surface area (Å²) in [5.41, 5.74) is 0. The zero-order valence-electron chi connectivity index (χ0n) is 17.3. The third-order valence-corrected chi connectivity index (χ3v) is 5.66. The molecule has 1 aliphatic carbocycles. The Morgan fingerprint density at radius 2 is 1.93 bits per heavy atom. The lowest BCUT2D eigenvalue weighted by Gasteiger charge is -2.31. The third kappa shape index (κ3) is 5.84. The first kappa shape index (κ1) is 20.9. The summed E-state index contributed by atoms with van der Waals surface area (Å²) in [4.78, 5) is 29.8. The highest BCUT2D eigenvalue weighted by Gasteiger charge is 2.31. The SMILES string of the molecule is CC(C)CN(CC(=O)N(Cc1ccco1)C[C@@H]1CCCO1)C(=O)C1CCCC1. The molecule has 28 heavy (non-hydrogen) atoms. The number of ether oxygens (including phenoxy) is 1. The molecule has 2 heterocycles. The number of carbonyl (C=O) groups excluding carboxylic acids is 2. The van der Waals surface area contributed by atoms with Crippen LogP contribution in [0.2, 0.25) is 0 Å². The Kier molecular flexibility index (Phi) is 7.54. The minimum absolute atomic E-state index is 0.0288. The van der Waals surface area contributed by atoms with Crippen LogP contribution in [0.15, 0.2) is 22.8 Å². The fraction of sp³-hybridized carbons (Fsp3) is 0.727. The first-order valence-electron chi connectivity index (χ1n) is 10.7. The summed E-state index contributed by atoms with van der Waals surface area (Å²) >= 11 is 0. The van der Waals surface area contributed by atoms with Crippen molar-refractivity contribution in [2.24, 2.45) is 11.8 Å². The lowest BCUT2D eigenvalue weighted by atomic mass is 10.1. The standard InChI is InChI=1S/C22H34N2O4/c1-17(2)13-24(22(26)18-7-3-4-8-18)16-21(25)23(14-19-9-5-11-27-19)15-20-10-6-12-28-20/h5,9,11,17-18,20H,3-4,6-8,10,12-16H2,1-2H3/t20-/m0/s1. The molecule has 1 aromatic heterocycles. The van der Waals surface area contributed by atoms with Gasteiger partial charge in [0.25, 0.3) is 0 Å². The molecule has 1 saturated heterocycles. The van der Waals surface area contributed by atoms with Crippen molar-refractivity contribution in [3.8, 4) is 0 Å². The summed E-state index contributed by atoms with van der Waals surface area (Å²) in [7, 11) is 0. The molecule has 0 N–H and O–H groups in total. The van der Waals surface area contributed by atoms with Crippen molar-refractivity contribution in [1.29, 1.82) is 0 Å². The van der Waals surface area contributed by atoms with Gasteiger partial charge in [0, 0.05) is 25.6 Å². The molecule has 0 radical (unpaired) electrons. The van der Waals surface area contributed by atoms with E-state index in [1.54, 1.807) is 16.1 Å². The van der Waals surface area contributed by atoms with Crippen LogP contribution in [-0.2, 0) is 20.9 Å². The van der Waals surface area contributed by atoms with Gasteiger partial charge in [-0.15, -0.1) is 0 Å². The molecule has 6 nitrogen and oxygen atoms in total. The van der Waals surface area contributed by atoms with Crippen LogP contribution in [0.25, 0.3) is 0 Å². The van der Waals surface area contributed by atoms with Crippen molar-refractivity contribution in [2.45, 2.75) is 65.0 Å². The van der Waals surface area contributed by atoms with Gasteiger partial charge in [0.1, 0.15) is 5.76 Å². The molecule has 2 fully saturated rings. The molecule has 3 rings (SSSR count). The molecule has 0 spiro atoms. The van der Waals surface area contributed by atoms with Crippen LogP contribution in [0.3, 0.4) is 0 Å². The van der Waals surface area contributed by atoms with Crippen LogP contribution in [0.5, 0.6) is 0 Å². The fourth-order valence-corrected chi connectivity index (χ4v) is 4.25. The van der Waals surface area contributed by atoms with Gasteiger partial charge in [-0.25, -0.2) is 0 Å². The highest BCUT2D eigenvalue weighted by atomic mass is 16.5. The highest BCUT2D eigenvalue weighted by molar-refractivity contribution is 5.86. The Bertz CT molecular complexity index is 616. The average molecular weight is 391 g/mol. The molecule has 0 unspecified atom stereocenters. The summed E-state index contributed by atoms with van der Waals surface area (Å²) in [6, 6.07) is 3.71. The predicted molar refractivity (Wildman–Crippen MR) is 106 cm³/mol. The minimum atomic E-state index is -0.0288. The Morgan fingerprint density at radius 1 is 1.14 bits per heavy atom. The van der Waals surface area contributed by atoms with E-state index in [-0.39, 0.29) is 30.4 Å². The lowest BCUT2D eigenvalue weighted by Crippen LogP contribution is -2.47. The fourth-order valence-electron chi connectivity index (χ4n) is 4.25. The number of carbonyl (C=O) groups is 2. The molecule has 1 aromatic rings. The van der Waals surface area contributed by atoms with Gasteiger partial charge < -0.3 is 19.0 Å². The second kappa shape index (κ2) is 10.1.